The lowest BCUT2D eigenvalue weighted by Gasteiger charge is -2.30. The van der Waals surface area contributed by atoms with Crippen LogP contribution in [-0.4, -0.2) is 42.0 Å². The summed E-state index contributed by atoms with van der Waals surface area (Å²) in [5.74, 6) is 0.00250. The summed E-state index contributed by atoms with van der Waals surface area (Å²) < 4.78 is 0. The van der Waals surface area contributed by atoms with E-state index in [0.717, 1.165) is 25.9 Å². The summed E-state index contributed by atoms with van der Waals surface area (Å²) in [5, 5.41) is 3.06. The smallest absolute Gasteiger partial charge is 0.251 e. The molecule has 2 heterocycles. The zero-order valence-electron chi connectivity index (χ0n) is 9.52. The maximum absolute atomic E-state index is 11.9. The highest BCUT2D eigenvalue weighted by Gasteiger charge is 2.19. The van der Waals surface area contributed by atoms with Crippen molar-refractivity contribution in [2.75, 3.05) is 20.1 Å². The van der Waals surface area contributed by atoms with Crippen LogP contribution >= 0.6 is 0 Å². The van der Waals surface area contributed by atoms with E-state index in [4.69, 9.17) is 0 Å². The van der Waals surface area contributed by atoms with Crippen LogP contribution < -0.4 is 5.32 Å². The molecule has 4 heteroatoms. The van der Waals surface area contributed by atoms with Crippen LogP contribution in [0.15, 0.2) is 24.5 Å². The molecule has 2 rings (SSSR count). The number of pyridine rings is 1. The van der Waals surface area contributed by atoms with Gasteiger partial charge in [-0.1, -0.05) is 0 Å². The number of likely N-dealkylation sites (tertiary alicyclic amines) is 1. The predicted octanol–water partition coefficient (Wildman–Crippen LogP) is 0.906. The van der Waals surface area contributed by atoms with Crippen molar-refractivity contribution in [3.8, 4) is 0 Å². The Balaban J connectivity index is 1.92. The van der Waals surface area contributed by atoms with Crippen molar-refractivity contribution in [3.63, 3.8) is 0 Å². The number of nitrogens with zero attached hydrogens (tertiary/aromatic N) is 2. The number of carbonyl (C=O) groups excluding carboxylic acids is 1. The third-order valence-corrected chi connectivity index (χ3v) is 2.90. The van der Waals surface area contributed by atoms with Gasteiger partial charge in [0.1, 0.15) is 0 Å². The second kappa shape index (κ2) is 5.07. The van der Waals surface area contributed by atoms with Gasteiger partial charge in [0.15, 0.2) is 0 Å². The van der Waals surface area contributed by atoms with Gasteiger partial charge in [-0.15, -0.1) is 0 Å². The number of rotatable bonds is 2. The Labute approximate surface area is 95.7 Å². The molecular formula is C12H17N3O. The number of carbonyl (C=O) groups is 1. The predicted molar refractivity (Wildman–Crippen MR) is 62.2 cm³/mol. The van der Waals surface area contributed by atoms with Crippen LogP contribution in [0.3, 0.4) is 0 Å². The number of amides is 1. The fourth-order valence-corrected chi connectivity index (χ4v) is 2.06. The third kappa shape index (κ3) is 2.79. The Hall–Kier alpha value is -1.42. The van der Waals surface area contributed by atoms with Gasteiger partial charge in [-0.3, -0.25) is 9.78 Å². The molecule has 0 spiro atoms. The maximum Gasteiger partial charge on any atom is 0.251 e. The molecule has 4 nitrogen and oxygen atoms in total. The van der Waals surface area contributed by atoms with Crippen molar-refractivity contribution in [3.05, 3.63) is 30.1 Å². The molecule has 1 saturated heterocycles. The fourth-order valence-electron chi connectivity index (χ4n) is 2.06. The largest absolute Gasteiger partial charge is 0.348 e. The molecule has 1 aromatic rings. The summed E-state index contributed by atoms with van der Waals surface area (Å²) in [6, 6.07) is 3.75. The van der Waals surface area contributed by atoms with E-state index in [2.05, 4.69) is 22.2 Å². The second-order valence-electron chi connectivity index (χ2n) is 4.31. The average Bonchev–Trinajstić information content (AvgIpc) is 2.30. The van der Waals surface area contributed by atoms with Crippen LogP contribution in [0.1, 0.15) is 23.2 Å². The van der Waals surface area contributed by atoms with Crippen molar-refractivity contribution in [1.29, 1.82) is 0 Å². The van der Waals surface area contributed by atoms with Gasteiger partial charge < -0.3 is 10.2 Å². The van der Waals surface area contributed by atoms with E-state index in [1.165, 1.54) is 0 Å². The quantitative estimate of drug-likeness (QED) is 0.804. The zero-order valence-corrected chi connectivity index (χ0v) is 9.52. The highest BCUT2D eigenvalue weighted by molar-refractivity contribution is 5.94. The van der Waals surface area contributed by atoms with Crippen molar-refractivity contribution in [2.45, 2.75) is 18.9 Å². The van der Waals surface area contributed by atoms with E-state index < -0.39 is 0 Å². The number of hydrogen-bond donors (Lipinski definition) is 1. The van der Waals surface area contributed by atoms with Crippen LogP contribution in [0.5, 0.6) is 0 Å². The minimum Gasteiger partial charge on any atom is -0.348 e. The summed E-state index contributed by atoms with van der Waals surface area (Å²) in [6.07, 6.45) is 5.50. The minimum atomic E-state index is 0.00250. The lowest BCUT2D eigenvalue weighted by molar-refractivity contribution is 0.0912. The minimum absolute atomic E-state index is 0.00250. The van der Waals surface area contributed by atoms with Crippen LogP contribution in [0, 0.1) is 0 Å². The molecule has 0 bridgehead atoms. The topological polar surface area (TPSA) is 45.2 Å². The van der Waals surface area contributed by atoms with E-state index in [1.807, 2.05) is 0 Å². The van der Waals surface area contributed by atoms with E-state index in [-0.39, 0.29) is 11.9 Å². The number of likely N-dealkylation sites (N-methyl/N-ethyl adjacent to an activating group) is 1. The molecule has 0 aliphatic carbocycles. The first kappa shape index (κ1) is 11.1. The summed E-state index contributed by atoms with van der Waals surface area (Å²) in [5.41, 5.74) is 0.684. The zero-order chi connectivity index (χ0) is 11.4. The Morgan fingerprint density at radius 1 is 1.50 bits per heavy atom. The van der Waals surface area contributed by atoms with Crippen LogP contribution in [-0.2, 0) is 0 Å². The number of aromatic nitrogens is 1. The first-order valence-corrected chi connectivity index (χ1v) is 5.65. The molecular weight excluding hydrogens is 202 g/mol. The first-order chi connectivity index (χ1) is 7.75. The summed E-state index contributed by atoms with van der Waals surface area (Å²) in [7, 11) is 2.09. The van der Waals surface area contributed by atoms with E-state index in [1.54, 1.807) is 24.5 Å². The number of hydrogen-bond acceptors (Lipinski definition) is 3. The molecule has 1 amide bonds. The number of piperidine rings is 1. The summed E-state index contributed by atoms with van der Waals surface area (Å²) in [4.78, 5) is 18.0. The highest BCUT2D eigenvalue weighted by atomic mass is 16.1. The summed E-state index contributed by atoms with van der Waals surface area (Å²) in [6.45, 7) is 2.07. The monoisotopic (exact) mass is 219 g/mol. The molecule has 1 N–H and O–H groups in total. The Kier molecular flexibility index (Phi) is 3.51. The molecule has 1 fully saturated rings. The summed E-state index contributed by atoms with van der Waals surface area (Å²) >= 11 is 0. The van der Waals surface area contributed by atoms with Gasteiger partial charge in [0.2, 0.25) is 0 Å². The van der Waals surface area contributed by atoms with Gasteiger partial charge in [0.05, 0.1) is 0 Å². The molecule has 1 atom stereocenters. The molecule has 1 aliphatic heterocycles. The fraction of sp³-hybridized carbons (Fsp3) is 0.500. The lowest BCUT2D eigenvalue weighted by Crippen LogP contribution is -2.46. The van der Waals surface area contributed by atoms with Crippen molar-refractivity contribution in [1.82, 2.24) is 15.2 Å². The second-order valence-corrected chi connectivity index (χ2v) is 4.31. The molecule has 0 saturated carbocycles. The Morgan fingerprint density at radius 2 is 2.25 bits per heavy atom. The van der Waals surface area contributed by atoms with Crippen molar-refractivity contribution < 1.29 is 4.79 Å². The van der Waals surface area contributed by atoms with E-state index in [9.17, 15) is 4.79 Å². The average molecular weight is 219 g/mol. The Morgan fingerprint density at radius 3 is 2.94 bits per heavy atom. The standard InChI is InChI=1S/C12H17N3O/c1-15-8-2-3-11(9-15)14-12(16)10-4-6-13-7-5-10/h4-7,11H,2-3,8-9H2,1H3,(H,14,16)/t11-/m1/s1. The Bertz CT molecular complexity index is 353. The lowest BCUT2D eigenvalue weighted by atomic mass is 10.1. The van der Waals surface area contributed by atoms with Gasteiger partial charge in [-0.2, -0.15) is 0 Å². The SMILES string of the molecule is CN1CCC[C@@H](NC(=O)c2ccncc2)C1. The maximum atomic E-state index is 11.9. The molecule has 86 valence electrons. The molecule has 1 aromatic heterocycles. The molecule has 1 aliphatic rings. The molecule has 0 unspecified atom stereocenters. The van der Waals surface area contributed by atoms with Gasteiger partial charge in [0, 0.05) is 30.5 Å². The van der Waals surface area contributed by atoms with Gasteiger partial charge in [0.25, 0.3) is 5.91 Å². The normalized spacial score (nSPS) is 21.7. The van der Waals surface area contributed by atoms with E-state index >= 15 is 0 Å². The van der Waals surface area contributed by atoms with Crippen LogP contribution in [0.25, 0.3) is 0 Å². The third-order valence-electron chi connectivity index (χ3n) is 2.90. The van der Waals surface area contributed by atoms with Crippen LogP contribution in [0.4, 0.5) is 0 Å². The van der Waals surface area contributed by atoms with Crippen LogP contribution in [0.2, 0.25) is 0 Å². The highest BCUT2D eigenvalue weighted by Crippen LogP contribution is 2.08. The van der Waals surface area contributed by atoms with Gasteiger partial charge in [-0.05, 0) is 38.6 Å². The molecule has 0 aromatic carbocycles. The molecule has 16 heavy (non-hydrogen) atoms. The van der Waals surface area contributed by atoms with Crippen molar-refractivity contribution >= 4 is 5.91 Å². The van der Waals surface area contributed by atoms with Crippen molar-refractivity contribution in [2.24, 2.45) is 0 Å². The first-order valence-electron chi connectivity index (χ1n) is 5.65. The van der Waals surface area contributed by atoms with Gasteiger partial charge >= 0.3 is 0 Å². The van der Waals surface area contributed by atoms with Gasteiger partial charge in [-0.25, -0.2) is 0 Å². The van der Waals surface area contributed by atoms with E-state index in [0.29, 0.717) is 5.56 Å². The number of nitrogens with one attached hydrogen (secondary N) is 1. The molecule has 0 radical (unpaired) electrons.